The lowest BCUT2D eigenvalue weighted by Gasteiger charge is -2.11. The topological polar surface area (TPSA) is 49.3 Å². The van der Waals surface area contributed by atoms with E-state index in [2.05, 4.69) is 58.7 Å². The summed E-state index contributed by atoms with van der Waals surface area (Å²) in [5.41, 5.74) is 3.75. The standard InChI is InChI=1S/C17H24N4S.HI/c1-12-6-5-7-15(10-12)8-9-19-17(18-4)20-11-16-13(2)21-14(3)22-16;/h5-7,10H,8-9,11H2,1-4H3,(H2,18,19,20);1H. The molecule has 0 aliphatic rings. The van der Waals surface area contributed by atoms with Crippen LogP contribution in [0, 0.1) is 20.8 Å². The molecule has 23 heavy (non-hydrogen) atoms. The van der Waals surface area contributed by atoms with Crippen molar-refractivity contribution in [2.45, 2.75) is 33.7 Å². The second kappa shape index (κ2) is 9.87. The average molecular weight is 444 g/mol. The molecule has 1 aromatic heterocycles. The van der Waals surface area contributed by atoms with Crippen molar-refractivity contribution in [1.29, 1.82) is 0 Å². The fourth-order valence-electron chi connectivity index (χ4n) is 2.31. The Hall–Kier alpha value is -1.15. The zero-order valence-electron chi connectivity index (χ0n) is 14.1. The first kappa shape index (κ1) is 19.9. The Bertz CT molecular complexity index is 652. The number of aliphatic imine (C=N–C) groups is 1. The molecular formula is C17H25IN4S. The SMILES string of the molecule is CN=C(NCCc1cccc(C)c1)NCc1sc(C)nc1C.I. The highest BCUT2D eigenvalue weighted by Crippen LogP contribution is 2.16. The second-order valence-electron chi connectivity index (χ2n) is 5.33. The molecular weight excluding hydrogens is 419 g/mol. The van der Waals surface area contributed by atoms with Gasteiger partial charge in [-0.3, -0.25) is 4.99 Å². The normalized spacial score (nSPS) is 11.0. The molecule has 0 saturated heterocycles. The predicted octanol–water partition coefficient (Wildman–Crippen LogP) is 3.59. The van der Waals surface area contributed by atoms with E-state index in [1.165, 1.54) is 16.0 Å². The monoisotopic (exact) mass is 444 g/mol. The maximum absolute atomic E-state index is 4.44. The van der Waals surface area contributed by atoms with Crippen LogP contribution >= 0.6 is 35.3 Å². The summed E-state index contributed by atoms with van der Waals surface area (Å²) in [6, 6.07) is 8.61. The van der Waals surface area contributed by atoms with Crippen LogP contribution in [0.4, 0.5) is 0 Å². The van der Waals surface area contributed by atoms with E-state index >= 15 is 0 Å². The van der Waals surface area contributed by atoms with Crippen molar-refractivity contribution >= 4 is 41.3 Å². The molecule has 0 atom stereocenters. The number of rotatable bonds is 5. The molecule has 1 heterocycles. The summed E-state index contributed by atoms with van der Waals surface area (Å²) in [4.78, 5) is 9.97. The van der Waals surface area contributed by atoms with Gasteiger partial charge in [-0.25, -0.2) is 4.98 Å². The molecule has 0 bridgehead atoms. The Morgan fingerprint density at radius 2 is 2.00 bits per heavy atom. The van der Waals surface area contributed by atoms with Crippen molar-refractivity contribution in [2.75, 3.05) is 13.6 Å². The van der Waals surface area contributed by atoms with Crippen LogP contribution < -0.4 is 10.6 Å². The molecule has 2 aromatic rings. The van der Waals surface area contributed by atoms with Gasteiger partial charge in [-0.1, -0.05) is 29.8 Å². The molecule has 0 aliphatic heterocycles. The van der Waals surface area contributed by atoms with E-state index in [4.69, 9.17) is 0 Å². The zero-order valence-corrected chi connectivity index (χ0v) is 17.3. The van der Waals surface area contributed by atoms with E-state index < -0.39 is 0 Å². The molecule has 6 heteroatoms. The van der Waals surface area contributed by atoms with Gasteiger partial charge in [0.2, 0.25) is 0 Å². The van der Waals surface area contributed by atoms with Crippen LogP contribution in [-0.2, 0) is 13.0 Å². The quantitative estimate of drug-likeness (QED) is 0.421. The Morgan fingerprint density at radius 3 is 2.61 bits per heavy atom. The van der Waals surface area contributed by atoms with Crippen LogP contribution in [0.5, 0.6) is 0 Å². The number of hydrogen-bond acceptors (Lipinski definition) is 3. The number of halogens is 1. The van der Waals surface area contributed by atoms with Crippen LogP contribution in [0.3, 0.4) is 0 Å². The number of guanidine groups is 1. The number of thiazole rings is 1. The third kappa shape index (κ3) is 6.47. The number of aromatic nitrogens is 1. The summed E-state index contributed by atoms with van der Waals surface area (Å²) in [6.45, 7) is 7.84. The summed E-state index contributed by atoms with van der Waals surface area (Å²) in [5.74, 6) is 0.832. The van der Waals surface area contributed by atoms with Gasteiger partial charge in [0, 0.05) is 18.5 Å². The number of benzene rings is 1. The number of nitrogens with zero attached hydrogens (tertiary/aromatic N) is 2. The lowest BCUT2D eigenvalue weighted by molar-refractivity contribution is 0.796. The number of aryl methyl sites for hydroxylation is 3. The Kier molecular flexibility index (Phi) is 8.54. The van der Waals surface area contributed by atoms with Crippen molar-refractivity contribution in [3.8, 4) is 0 Å². The first-order valence-corrected chi connectivity index (χ1v) is 8.33. The van der Waals surface area contributed by atoms with Crippen molar-refractivity contribution in [2.24, 2.45) is 4.99 Å². The fourth-order valence-corrected chi connectivity index (χ4v) is 3.19. The smallest absolute Gasteiger partial charge is 0.191 e. The second-order valence-corrected chi connectivity index (χ2v) is 6.62. The van der Waals surface area contributed by atoms with Crippen LogP contribution in [0.2, 0.25) is 0 Å². The van der Waals surface area contributed by atoms with Crippen LogP contribution in [-0.4, -0.2) is 24.5 Å². The van der Waals surface area contributed by atoms with E-state index in [1.807, 2.05) is 6.92 Å². The summed E-state index contributed by atoms with van der Waals surface area (Å²) in [7, 11) is 1.80. The van der Waals surface area contributed by atoms with Gasteiger partial charge in [0.15, 0.2) is 5.96 Å². The summed E-state index contributed by atoms with van der Waals surface area (Å²) < 4.78 is 0. The van der Waals surface area contributed by atoms with E-state index in [0.29, 0.717) is 0 Å². The Morgan fingerprint density at radius 1 is 1.22 bits per heavy atom. The summed E-state index contributed by atoms with van der Waals surface area (Å²) in [5, 5.41) is 7.81. The third-order valence-corrected chi connectivity index (χ3v) is 4.50. The van der Waals surface area contributed by atoms with Gasteiger partial charge in [-0.15, -0.1) is 35.3 Å². The molecule has 0 unspecified atom stereocenters. The van der Waals surface area contributed by atoms with E-state index in [1.54, 1.807) is 18.4 Å². The molecule has 0 radical (unpaired) electrons. The molecule has 0 spiro atoms. The minimum Gasteiger partial charge on any atom is -0.356 e. The van der Waals surface area contributed by atoms with E-state index in [9.17, 15) is 0 Å². The van der Waals surface area contributed by atoms with Gasteiger partial charge in [-0.05, 0) is 32.8 Å². The molecule has 126 valence electrons. The third-order valence-electron chi connectivity index (χ3n) is 3.43. The van der Waals surface area contributed by atoms with Crippen molar-refractivity contribution < 1.29 is 0 Å². The average Bonchev–Trinajstić information content (AvgIpc) is 2.80. The highest BCUT2D eigenvalue weighted by Gasteiger charge is 2.05. The molecule has 0 fully saturated rings. The first-order valence-electron chi connectivity index (χ1n) is 7.51. The van der Waals surface area contributed by atoms with E-state index in [-0.39, 0.29) is 24.0 Å². The predicted molar refractivity (Wildman–Crippen MR) is 110 cm³/mol. The molecule has 4 nitrogen and oxygen atoms in total. The summed E-state index contributed by atoms with van der Waals surface area (Å²) >= 11 is 1.73. The van der Waals surface area contributed by atoms with Gasteiger partial charge < -0.3 is 10.6 Å². The highest BCUT2D eigenvalue weighted by atomic mass is 127. The van der Waals surface area contributed by atoms with Gasteiger partial charge in [0.05, 0.1) is 17.2 Å². The van der Waals surface area contributed by atoms with E-state index in [0.717, 1.165) is 36.2 Å². The molecule has 0 saturated carbocycles. The Balaban J connectivity index is 0.00000264. The largest absolute Gasteiger partial charge is 0.356 e. The van der Waals surface area contributed by atoms with Crippen molar-refractivity contribution in [1.82, 2.24) is 15.6 Å². The first-order chi connectivity index (χ1) is 10.6. The van der Waals surface area contributed by atoms with Gasteiger partial charge >= 0.3 is 0 Å². The zero-order chi connectivity index (χ0) is 15.9. The molecule has 0 aliphatic carbocycles. The minimum atomic E-state index is 0. The maximum Gasteiger partial charge on any atom is 0.191 e. The van der Waals surface area contributed by atoms with Gasteiger partial charge in [0.25, 0.3) is 0 Å². The molecule has 0 amide bonds. The molecule has 2 N–H and O–H groups in total. The van der Waals surface area contributed by atoms with Crippen LogP contribution in [0.1, 0.15) is 26.7 Å². The lowest BCUT2D eigenvalue weighted by atomic mass is 10.1. The summed E-state index contributed by atoms with van der Waals surface area (Å²) in [6.07, 6.45) is 0.987. The van der Waals surface area contributed by atoms with Crippen molar-refractivity contribution in [3.05, 3.63) is 51.0 Å². The lowest BCUT2D eigenvalue weighted by Crippen LogP contribution is -2.37. The van der Waals surface area contributed by atoms with Gasteiger partial charge in [-0.2, -0.15) is 0 Å². The Labute approximate surface area is 159 Å². The van der Waals surface area contributed by atoms with Crippen LogP contribution in [0.15, 0.2) is 29.3 Å². The maximum atomic E-state index is 4.44. The molecule has 2 rings (SSSR count). The van der Waals surface area contributed by atoms with Crippen LogP contribution in [0.25, 0.3) is 0 Å². The highest BCUT2D eigenvalue weighted by molar-refractivity contribution is 14.0. The number of nitrogens with one attached hydrogen (secondary N) is 2. The minimum absolute atomic E-state index is 0. The molecule has 1 aromatic carbocycles. The van der Waals surface area contributed by atoms with Gasteiger partial charge in [0.1, 0.15) is 0 Å². The van der Waals surface area contributed by atoms with Crippen molar-refractivity contribution in [3.63, 3.8) is 0 Å². The number of hydrogen-bond donors (Lipinski definition) is 2. The fraction of sp³-hybridized carbons (Fsp3) is 0.412.